The third kappa shape index (κ3) is 6.22. The fourth-order valence-electron chi connectivity index (χ4n) is 2.61. The van der Waals surface area contributed by atoms with Gasteiger partial charge >= 0.3 is 5.97 Å². The van der Waals surface area contributed by atoms with Gasteiger partial charge in [-0.3, -0.25) is 16.5 Å². The Kier molecular flexibility index (Phi) is 8.60. The van der Waals surface area contributed by atoms with E-state index in [9.17, 15) is 9.59 Å². The number of hydrogen-bond donors (Lipinski definition) is 2. The smallest absolute Gasteiger partial charge is 0.333 e. The molecule has 1 amide bonds. The zero-order valence-corrected chi connectivity index (χ0v) is 16.3. The van der Waals surface area contributed by atoms with E-state index in [4.69, 9.17) is 16.4 Å². The zero-order valence-electron chi connectivity index (χ0n) is 16.3. The van der Waals surface area contributed by atoms with Crippen LogP contribution in [0, 0.1) is 11.3 Å². The van der Waals surface area contributed by atoms with Gasteiger partial charge < -0.3 is 9.64 Å². The van der Waals surface area contributed by atoms with E-state index in [1.165, 1.54) is 0 Å². The van der Waals surface area contributed by atoms with Crippen molar-refractivity contribution in [1.82, 2.24) is 10.0 Å². The van der Waals surface area contributed by atoms with E-state index in [1.807, 2.05) is 34.6 Å². The summed E-state index contributed by atoms with van der Waals surface area (Å²) in [5.41, 5.74) is 0.0378. The van der Waals surface area contributed by atoms with Crippen LogP contribution >= 0.6 is 0 Å². The number of carbonyl (C=O) groups excluding carboxylic acids is 2. The van der Waals surface area contributed by atoms with Gasteiger partial charge in [0.25, 0.3) is 0 Å². The summed E-state index contributed by atoms with van der Waals surface area (Å²) in [6.45, 7) is 13.4. The number of rotatable bonds is 7. The van der Waals surface area contributed by atoms with Gasteiger partial charge in [-0.15, -0.1) is 0 Å². The molecule has 140 valence electrons. The minimum absolute atomic E-state index is 0.105. The number of carbonyl (C=O) groups is 2. The quantitative estimate of drug-likeness (QED) is 0.314. The SMILES string of the molecule is CCOC(=O)C(C)=C[C@H](C(C)C)N(C)C(=O)[C@@H](N(N)N)C(C)(C)C. The molecule has 0 fully saturated rings. The van der Waals surface area contributed by atoms with Crippen molar-refractivity contribution in [3.05, 3.63) is 11.6 Å². The van der Waals surface area contributed by atoms with Gasteiger partial charge in [0.05, 0.1) is 12.6 Å². The first-order valence-corrected chi connectivity index (χ1v) is 8.25. The third-order valence-electron chi connectivity index (χ3n) is 3.85. The molecule has 0 unspecified atom stereocenters. The van der Waals surface area contributed by atoms with Crippen LogP contribution in [0.5, 0.6) is 0 Å². The molecule has 2 atom stereocenters. The zero-order chi connectivity index (χ0) is 19.2. The first-order chi connectivity index (χ1) is 10.8. The van der Waals surface area contributed by atoms with Crippen molar-refractivity contribution < 1.29 is 14.3 Å². The minimum Gasteiger partial charge on any atom is -0.463 e. The monoisotopic (exact) mass is 342 g/mol. The van der Waals surface area contributed by atoms with Crippen molar-refractivity contribution in [3.63, 3.8) is 0 Å². The molecule has 0 bridgehead atoms. The van der Waals surface area contributed by atoms with Crippen molar-refractivity contribution in [3.8, 4) is 0 Å². The molecule has 0 aromatic heterocycles. The minimum atomic E-state index is -0.681. The summed E-state index contributed by atoms with van der Waals surface area (Å²) in [6, 6.07) is -0.952. The van der Waals surface area contributed by atoms with E-state index in [2.05, 4.69) is 0 Å². The summed E-state index contributed by atoms with van der Waals surface area (Å²) in [5.74, 6) is 10.9. The summed E-state index contributed by atoms with van der Waals surface area (Å²) in [5, 5.41) is 0.956. The maximum Gasteiger partial charge on any atom is 0.333 e. The summed E-state index contributed by atoms with van der Waals surface area (Å²) in [6.07, 6.45) is 1.76. The van der Waals surface area contributed by atoms with Crippen LogP contribution in [-0.4, -0.2) is 47.6 Å². The number of esters is 1. The summed E-state index contributed by atoms with van der Waals surface area (Å²) in [7, 11) is 1.70. The lowest BCUT2D eigenvalue weighted by Crippen LogP contribution is -2.61. The lowest BCUT2D eigenvalue weighted by atomic mass is 9.85. The van der Waals surface area contributed by atoms with Gasteiger partial charge in [0.15, 0.2) is 0 Å². The highest BCUT2D eigenvalue weighted by molar-refractivity contribution is 5.88. The second-order valence-corrected chi connectivity index (χ2v) is 7.47. The van der Waals surface area contributed by atoms with Crippen molar-refractivity contribution in [2.24, 2.45) is 23.0 Å². The van der Waals surface area contributed by atoms with Gasteiger partial charge in [0.2, 0.25) is 5.91 Å². The van der Waals surface area contributed by atoms with Crippen molar-refractivity contribution in [2.75, 3.05) is 13.7 Å². The van der Waals surface area contributed by atoms with Gasteiger partial charge in [-0.1, -0.05) is 40.7 Å². The summed E-state index contributed by atoms with van der Waals surface area (Å²) in [4.78, 5) is 26.4. The highest BCUT2D eigenvalue weighted by atomic mass is 16.5. The second-order valence-electron chi connectivity index (χ2n) is 7.47. The van der Waals surface area contributed by atoms with Crippen LogP contribution in [0.2, 0.25) is 0 Å². The van der Waals surface area contributed by atoms with Gasteiger partial charge in [-0.25, -0.2) is 4.79 Å². The predicted molar refractivity (Wildman–Crippen MR) is 95.2 cm³/mol. The fourth-order valence-corrected chi connectivity index (χ4v) is 2.61. The first kappa shape index (κ1) is 22.6. The average molecular weight is 342 g/mol. The Labute approximate surface area is 145 Å². The van der Waals surface area contributed by atoms with Gasteiger partial charge in [0, 0.05) is 12.6 Å². The van der Waals surface area contributed by atoms with Crippen LogP contribution in [0.3, 0.4) is 0 Å². The molecule has 0 rings (SSSR count). The Bertz CT molecular complexity index is 467. The lowest BCUT2D eigenvalue weighted by molar-refractivity contribution is -0.143. The Morgan fingerprint density at radius 2 is 1.71 bits per heavy atom. The molecule has 0 spiro atoms. The number of nitrogens with two attached hydrogens (primary N) is 2. The van der Waals surface area contributed by atoms with Crippen LogP contribution < -0.4 is 11.7 Å². The van der Waals surface area contributed by atoms with Crippen LogP contribution in [-0.2, 0) is 14.3 Å². The molecule has 7 heteroatoms. The molecule has 7 nitrogen and oxygen atoms in total. The van der Waals surface area contributed by atoms with E-state index in [0.717, 1.165) is 5.12 Å². The van der Waals surface area contributed by atoms with Crippen LogP contribution in [0.25, 0.3) is 0 Å². The number of amides is 1. The summed E-state index contributed by atoms with van der Waals surface area (Å²) < 4.78 is 5.01. The largest absolute Gasteiger partial charge is 0.463 e. The topological polar surface area (TPSA) is 102 Å². The molecular weight excluding hydrogens is 308 g/mol. The van der Waals surface area contributed by atoms with E-state index in [0.29, 0.717) is 12.2 Å². The van der Waals surface area contributed by atoms with E-state index in [-0.39, 0.29) is 23.8 Å². The Hall–Kier alpha value is -1.44. The van der Waals surface area contributed by atoms with Crippen molar-refractivity contribution in [1.29, 1.82) is 0 Å². The molecule has 0 radical (unpaired) electrons. The number of hydrogen-bond acceptors (Lipinski definition) is 6. The third-order valence-corrected chi connectivity index (χ3v) is 3.85. The molecule has 0 aliphatic carbocycles. The van der Waals surface area contributed by atoms with Crippen molar-refractivity contribution >= 4 is 11.9 Å². The predicted octanol–water partition coefficient (Wildman–Crippen LogP) is 1.44. The van der Waals surface area contributed by atoms with Crippen LogP contribution in [0.4, 0.5) is 0 Å². The molecule has 0 aromatic rings. The van der Waals surface area contributed by atoms with E-state index >= 15 is 0 Å². The molecule has 0 saturated heterocycles. The second kappa shape index (κ2) is 9.15. The van der Waals surface area contributed by atoms with E-state index in [1.54, 1.807) is 31.9 Å². The highest BCUT2D eigenvalue weighted by Crippen LogP contribution is 2.25. The maximum atomic E-state index is 12.9. The number of ether oxygens (including phenoxy) is 1. The molecule has 0 heterocycles. The van der Waals surface area contributed by atoms with Gasteiger partial charge in [-0.05, 0) is 25.2 Å². The average Bonchev–Trinajstić information content (AvgIpc) is 2.41. The van der Waals surface area contributed by atoms with Crippen LogP contribution in [0.1, 0.15) is 48.5 Å². The van der Waals surface area contributed by atoms with Gasteiger partial charge in [0.1, 0.15) is 6.04 Å². The first-order valence-electron chi connectivity index (χ1n) is 8.25. The molecule has 4 N–H and O–H groups in total. The molecular formula is C17H34N4O3. The normalized spacial score (nSPS) is 15.4. The van der Waals surface area contributed by atoms with Crippen molar-refractivity contribution in [2.45, 2.75) is 60.5 Å². The van der Waals surface area contributed by atoms with Gasteiger partial charge in [-0.2, -0.15) is 5.12 Å². The molecule has 0 aliphatic heterocycles. The maximum absolute atomic E-state index is 12.9. The molecule has 0 aromatic carbocycles. The molecule has 0 aliphatic rings. The molecule has 24 heavy (non-hydrogen) atoms. The Balaban J connectivity index is 5.57. The number of hydrazine groups is 2. The molecule has 0 saturated carbocycles. The standard InChI is InChI=1S/C17H34N4O3/c1-9-24-16(23)12(4)10-13(11(2)3)20(8)15(22)14(21(18)19)17(5,6)7/h10-11,13-14H,9,18-19H2,1-8H3/t13-,14-/m1/s1. The Morgan fingerprint density at radius 1 is 1.21 bits per heavy atom. The number of nitrogens with zero attached hydrogens (tertiary/aromatic N) is 2. The Morgan fingerprint density at radius 3 is 2.04 bits per heavy atom. The van der Waals surface area contributed by atoms with Crippen LogP contribution in [0.15, 0.2) is 11.6 Å². The number of likely N-dealkylation sites (N-methyl/N-ethyl adjacent to an activating group) is 1. The summed E-state index contributed by atoms with van der Waals surface area (Å²) >= 11 is 0. The highest BCUT2D eigenvalue weighted by Gasteiger charge is 2.38. The fraction of sp³-hybridized carbons (Fsp3) is 0.765. The lowest BCUT2D eigenvalue weighted by Gasteiger charge is -2.39. The van der Waals surface area contributed by atoms with E-state index < -0.39 is 11.5 Å².